The molecule has 1 aliphatic rings. The van der Waals surface area contributed by atoms with Gasteiger partial charge in [0, 0.05) is 4.88 Å². The van der Waals surface area contributed by atoms with Crippen LogP contribution in [0.15, 0.2) is 0 Å². The highest BCUT2D eigenvalue weighted by Crippen LogP contribution is 2.41. The van der Waals surface area contributed by atoms with Crippen LogP contribution >= 0.6 is 11.3 Å². The largest absolute Gasteiger partial charge is 0.365 e. The van der Waals surface area contributed by atoms with Crippen molar-refractivity contribution in [1.82, 2.24) is 0 Å². The molecule has 156 valence electrons. The van der Waals surface area contributed by atoms with E-state index < -0.39 is 46.5 Å². The summed E-state index contributed by atoms with van der Waals surface area (Å²) in [6.45, 7) is 2.05. The molecule has 3 rings (SSSR count). The van der Waals surface area contributed by atoms with Crippen LogP contribution in [0.1, 0.15) is 57.3 Å². The number of halogens is 5. The molecule has 0 saturated carbocycles. The van der Waals surface area contributed by atoms with Crippen molar-refractivity contribution in [1.29, 1.82) is 0 Å². The lowest BCUT2D eigenvalue weighted by molar-refractivity contribution is 0.1000. The van der Waals surface area contributed by atoms with Gasteiger partial charge in [-0.3, -0.25) is 9.59 Å². The highest BCUT2D eigenvalue weighted by Gasteiger charge is 2.32. The summed E-state index contributed by atoms with van der Waals surface area (Å²) in [7, 11) is 0. The molecule has 0 saturated heterocycles. The second kappa shape index (κ2) is 8.10. The summed E-state index contributed by atoms with van der Waals surface area (Å²) in [6.07, 6.45) is 4.00. The van der Waals surface area contributed by atoms with Gasteiger partial charge in [-0.25, -0.2) is 22.0 Å². The molecule has 3 N–H and O–H groups in total. The smallest absolute Gasteiger partial charge is 0.262 e. The van der Waals surface area contributed by atoms with E-state index in [1.807, 2.05) is 0 Å². The van der Waals surface area contributed by atoms with Crippen molar-refractivity contribution in [2.45, 2.75) is 39.0 Å². The van der Waals surface area contributed by atoms with Crippen LogP contribution in [0.25, 0.3) is 0 Å². The summed E-state index contributed by atoms with van der Waals surface area (Å²) in [4.78, 5) is 25.1. The summed E-state index contributed by atoms with van der Waals surface area (Å²) >= 11 is 1.03. The molecule has 1 aliphatic carbocycles. The molecule has 0 bridgehead atoms. The van der Waals surface area contributed by atoms with Crippen LogP contribution in [0.3, 0.4) is 0 Å². The summed E-state index contributed by atoms with van der Waals surface area (Å²) < 4.78 is 67.8. The van der Waals surface area contributed by atoms with E-state index >= 15 is 0 Å². The lowest BCUT2D eigenvalue weighted by Crippen LogP contribution is -2.22. The van der Waals surface area contributed by atoms with Gasteiger partial charge in [-0.15, -0.1) is 11.3 Å². The Morgan fingerprint density at radius 1 is 1.03 bits per heavy atom. The number of fused-ring (bicyclic) bond motifs is 1. The molecule has 0 spiro atoms. The predicted octanol–water partition coefficient (Wildman–Crippen LogP) is 4.70. The van der Waals surface area contributed by atoms with Crippen LogP contribution in [0.4, 0.5) is 27.0 Å². The monoisotopic (exact) mass is 432 g/mol. The minimum Gasteiger partial charge on any atom is -0.365 e. The quantitative estimate of drug-likeness (QED) is 0.408. The third-order valence-corrected chi connectivity index (χ3v) is 6.14. The van der Waals surface area contributed by atoms with E-state index in [0.717, 1.165) is 35.5 Å². The first-order valence-electron chi connectivity index (χ1n) is 8.94. The number of carbonyl (C=O) groups is 2. The van der Waals surface area contributed by atoms with E-state index in [1.165, 1.54) is 0 Å². The van der Waals surface area contributed by atoms with Gasteiger partial charge in [0.1, 0.15) is 10.6 Å². The lowest BCUT2D eigenvalue weighted by Gasteiger charge is -2.21. The maximum Gasteiger partial charge on any atom is 0.262 e. The molecule has 1 aromatic heterocycles. The van der Waals surface area contributed by atoms with Gasteiger partial charge in [0.05, 0.1) is 5.56 Å². The Kier molecular flexibility index (Phi) is 5.92. The maximum atomic E-state index is 13.9. The molecule has 2 aromatic rings. The number of nitrogens with one attached hydrogen (secondary N) is 1. The zero-order valence-corrected chi connectivity index (χ0v) is 16.1. The van der Waals surface area contributed by atoms with E-state index in [1.54, 1.807) is 0 Å². The number of nitrogens with two attached hydrogens (primary N) is 1. The van der Waals surface area contributed by atoms with Gasteiger partial charge in [0.15, 0.2) is 23.3 Å². The zero-order chi connectivity index (χ0) is 21.5. The Morgan fingerprint density at radius 3 is 2.17 bits per heavy atom. The van der Waals surface area contributed by atoms with Crippen LogP contribution in [0.2, 0.25) is 0 Å². The Balaban J connectivity index is 2.00. The molecular formula is C19H17F5N2O2S. The molecule has 1 heterocycles. The fourth-order valence-electron chi connectivity index (χ4n) is 3.63. The van der Waals surface area contributed by atoms with Crippen molar-refractivity contribution < 1.29 is 31.5 Å². The third kappa shape index (κ3) is 3.73. The average molecular weight is 432 g/mol. The predicted molar refractivity (Wildman–Crippen MR) is 97.4 cm³/mol. The lowest BCUT2D eigenvalue weighted by atomic mass is 9.84. The van der Waals surface area contributed by atoms with Crippen molar-refractivity contribution in [3.8, 4) is 0 Å². The van der Waals surface area contributed by atoms with Crippen molar-refractivity contribution >= 4 is 28.2 Å². The van der Waals surface area contributed by atoms with Crippen molar-refractivity contribution in [3.63, 3.8) is 0 Å². The summed E-state index contributed by atoms with van der Waals surface area (Å²) in [5, 5.41) is 2.05. The van der Waals surface area contributed by atoms with Gasteiger partial charge in [0.25, 0.3) is 11.8 Å². The normalized spacial score (nSPS) is 15.9. The number of carbonyl (C=O) groups excluding carboxylic acids is 2. The van der Waals surface area contributed by atoms with Crippen LogP contribution in [0, 0.1) is 35.0 Å². The topological polar surface area (TPSA) is 72.2 Å². The van der Waals surface area contributed by atoms with Gasteiger partial charge in [-0.2, -0.15) is 0 Å². The van der Waals surface area contributed by atoms with E-state index in [9.17, 15) is 31.5 Å². The van der Waals surface area contributed by atoms with Crippen LogP contribution in [-0.2, 0) is 12.8 Å². The first kappa shape index (κ1) is 21.2. The zero-order valence-electron chi connectivity index (χ0n) is 15.3. The number of primary amides is 1. The molecule has 0 radical (unpaired) electrons. The van der Waals surface area contributed by atoms with Gasteiger partial charge < -0.3 is 11.1 Å². The average Bonchev–Trinajstić information content (AvgIpc) is 3.02. The summed E-state index contributed by atoms with van der Waals surface area (Å²) in [5.41, 5.74) is 4.47. The number of benzene rings is 1. The number of amides is 2. The molecule has 1 atom stereocenters. The number of hydrogen-bond acceptors (Lipinski definition) is 3. The molecule has 2 amide bonds. The number of thiophene rings is 1. The maximum absolute atomic E-state index is 13.9. The Hall–Kier alpha value is -2.49. The number of rotatable bonds is 5. The van der Waals surface area contributed by atoms with Crippen LogP contribution < -0.4 is 11.1 Å². The SMILES string of the molecule is CCC[C@H]1CCc2c(sc(NC(=O)c3c(F)c(F)c(F)c(F)c3F)c2C(N)=O)C1. The van der Waals surface area contributed by atoms with E-state index in [-0.39, 0.29) is 10.6 Å². The second-order valence-electron chi connectivity index (χ2n) is 6.87. The minimum atomic E-state index is -2.36. The fourth-order valence-corrected chi connectivity index (χ4v) is 4.99. The molecule has 0 fully saturated rings. The van der Waals surface area contributed by atoms with Gasteiger partial charge in [-0.05, 0) is 30.7 Å². The van der Waals surface area contributed by atoms with Crippen LogP contribution in [0.5, 0.6) is 0 Å². The standard InChI is InChI=1S/C19H17F5N2O2S/c1-2-3-7-4-5-8-9(6-7)29-19(10(8)17(25)27)26-18(28)11-12(20)14(22)16(24)15(23)13(11)21/h7H,2-6H2,1H3,(H2,25,27)(H,26,28)/t7-/m0/s1. The minimum absolute atomic E-state index is 0.0113. The molecular weight excluding hydrogens is 415 g/mol. The fraction of sp³-hybridized carbons (Fsp3) is 0.368. The Labute approximate surface area is 166 Å². The van der Waals surface area contributed by atoms with Crippen molar-refractivity contribution in [2.75, 3.05) is 5.32 Å². The van der Waals surface area contributed by atoms with Gasteiger partial charge in [0.2, 0.25) is 5.82 Å². The van der Waals surface area contributed by atoms with Crippen LogP contribution in [-0.4, -0.2) is 11.8 Å². The van der Waals surface area contributed by atoms with Gasteiger partial charge in [-0.1, -0.05) is 19.8 Å². The molecule has 1 aromatic carbocycles. The molecule has 4 nitrogen and oxygen atoms in total. The first-order valence-corrected chi connectivity index (χ1v) is 9.76. The first-order chi connectivity index (χ1) is 13.7. The molecule has 10 heteroatoms. The second-order valence-corrected chi connectivity index (χ2v) is 7.97. The summed E-state index contributed by atoms with van der Waals surface area (Å²) in [5.74, 6) is -13.3. The molecule has 29 heavy (non-hydrogen) atoms. The highest BCUT2D eigenvalue weighted by atomic mass is 32.1. The Morgan fingerprint density at radius 2 is 1.62 bits per heavy atom. The van der Waals surface area contributed by atoms with Crippen molar-refractivity contribution in [2.24, 2.45) is 11.7 Å². The van der Waals surface area contributed by atoms with Crippen molar-refractivity contribution in [3.05, 3.63) is 50.7 Å². The highest BCUT2D eigenvalue weighted by molar-refractivity contribution is 7.17. The van der Waals surface area contributed by atoms with Gasteiger partial charge >= 0.3 is 0 Å². The Bertz CT molecular complexity index is 976. The van der Waals surface area contributed by atoms with E-state index in [4.69, 9.17) is 5.73 Å². The van der Waals surface area contributed by atoms with E-state index in [2.05, 4.69) is 12.2 Å². The third-order valence-electron chi connectivity index (χ3n) is 4.97. The number of anilines is 1. The summed E-state index contributed by atoms with van der Waals surface area (Å²) in [6, 6.07) is 0. The van der Waals surface area contributed by atoms with E-state index in [0.29, 0.717) is 24.3 Å². The number of hydrogen-bond donors (Lipinski definition) is 2. The molecule has 0 unspecified atom stereocenters. The molecule has 0 aliphatic heterocycles.